The lowest BCUT2D eigenvalue weighted by Gasteiger charge is -2.36. The Balaban J connectivity index is 1.56. The number of pyridine rings is 1. The average molecular weight is 364 g/mol. The summed E-state index contributed by atoms with van der Waals surface area (Å²) in [7, 11) is 0. The standard InChI is InChI=1S/C18H20ClFN4O/c1-13(18(25)22-16-3-2-8-21-17(16)19)23-9-11-24(12-10-23)15-6-4-14(20)5-7-15/h2-8,13H,9-12H2,1H3,(H,22,25)/p+1/t13-/m0/s1. The van der Waals surface area contributed by atoms with Gasteiger partial charge in [0.05, 0.1) is 31.9 Å². The molecular formula is C18H21ClFN4O+. The molecule has 0 aliphatic carbocycles. The molecule has 2 aromatic rings. The largest absolute Gasteiger partial charge is 0.360 e. The van der Waals surface area contributed by atoms with Gasteiger partial charge in [-0.3, -0.25) is 4.79 Å². The molecule has 1 atom stereocenters. The molecule has 2 heterocycles. The number of piperazine rings is 1. The van der Waals surface area contributed by atoms with Gasteiger partial charge >= 0.3 is 0 Å². The number of quaternary nitrogens is 1. The summed E-state index contributed by atoms with van der Waals surface area (Å²) in [6.45, 7) is 5.25. The van der Waals surface area contributed by atoms with Crippen molar-refractivity contribution in [2.45, 2.75) is 13.0 Å². The minimum absolute atomic E-state index is 0.0693. The van der Waals surface area contributed by atoms with Crippen LogP contribution in [0.5, 0.6) is 0 Å². The number of hydrogen-bond acceptors (Lipinski definition) is 3. The van der Waals surface area contributed by atoms with Gasteiger partial charge in [0, 0.05) is 11.9 Å². The minimum atomic E-state index is -0.229. The quantitative estimate of drug-likeness (QED) is 0.811. The first-order valence-corrected chi connectivity index (χ1v) is 8.69. The summed E-state index contributed by atoms with van der Waals surface area (Å²) < 4.78 is 13.0. The average Bonchev–Trinajstić information content (AvgIpc) is 2.64. The first kappa shape index (κ1) is 17.6. The number of benzene rings is 1. The summed E-state index contributed by atoms with van der Waals surface area (Å²) in [6.07, 6.45) is 1.58. The van der Waals surface area contributed by atoms with Gasteiger partial charge in [0.1, 0.15) is 5.82 Å². The molecule has 0 unspecified atom stereocenters. The predicted octanol–water partition coefficient (Wildman–Crippen LogP) is 1.61. The molecule has 1 amide bonds. The van der Waals surface area contributed by atoms with Crippen LogP contribution >= 0.6 is 11.6 Å². The monoisotopic (exact) mass is 363 g/mol. The Morgan fingerprint density at radius 2 is 1.96 bits per heavy atom. The van der Waals surface area contributed by atoms with E-state index in [4.69, 9.17) is 11.6 Å². The molecule has 0 saturated carbocycles. The van der Waals surface area contributed by atoms with Crippen LogP contribution in [0.1, 0.15) is 6.92 Å². The number of aromatic nitrogens is 1. The fourth-order valence-corrected chi connectivity index (χ4v) is 3.21. The van der Waals surface area contributed by atoms with E-state index >= 15 is 0 Å². The molecular weight excluding hydrogens is 343 g/mol. The summed E-state index contributed by atoms with van der Waals surface area (Å²) >= 11 is 5.99. The van der Waals surface area contributed by atoms with E-state index in [1.165, 1.54) is 17.0 Å². The number of nitrogens with zero attached hydrogens (tertiary/aromatic N) is 2. The molecule has 132 valence electrons. The van der Waals surface area contributed by atoms with E-state index in [1.807, 2.05) is 6.92 Å². The van der Waals surface area contributed by atoms with Crippen molar-refractivity contribution in [3.8, 4) is 0 Å². The number of rotatable bonds is 4. The van der Waals surface area contributed by atoms with Gasteiger partial charge in [-0.05, 0) is 43.3 Å². The molecule has 0 spiro atoms. The van der Waals surface area contributed by atoms with Crippen LogP contribution in [0.15, 0.2) is 42.6 Å². The highest BCUT2D eigenvalue weighted by Gasteiger charge is 2.29. The number of anilines is 2. The van der Waals surface area contributed by atoms with Gasteiger partial charge in [-0.15, -0.1) is 0 Å². The van der Waals surface area contributed by atoms with E-state index in [1.54, 1.807) is 30.5 Å². The van der Waals surface area contributed by atoms with E-state index in [9.17, 15) is 9.18 Å². The summed E-state index contributed by atoms with van der Waals surface area (Å²) in [5, 5.41) is 3.14. The maximum atomic E-state index is 13.0. The summed E-state index contributed by atoms with van der Waals surface area (Å²) in [6, 6.07) is 9.82. The summed E-state index contributed by atoms with van der Waals surface area (Å²) in [4.78, 5) is 19.9. The topological polar surface area (TPSA) is 49.7 Å². The van der Waals surface area contributed by atoms with Crippen molar-refractivity contribution in [2.24, 2.45) is 0 Å². The van der Waals surface area contributed by atoms with Crippen LogP contribution in [0.25, 0.3) is 0 Å². The molecule has 1 fully saturated rings. The van der Waals surface area contributed by atoms with Crippen molar-refractivity contribution in [3.63, 3.8) is 0 Å². The number of nitrogens with one attached hydrogen (secondary N) is 2. The minimum Gasteiger partial charge on any atom is -0.360 e. The SMILES string of the molecule is C[C@@H](C(=O)Nc1cccnc1Cl)[NH+]1CCN(c2ccc(F)cc2)CC1. The Labute approximate surface area is 151 Å². The van der Waals surface area contributed by atoms with Crippen LogP contribution in [0.4, 0.5) is 15.8 Å². The number of carbonyl (C=O) groups excluding carboxylic acids is 1. The van der Waals surface area contributed by atoms with Gasteiger partial charge in [-0.1, -0.05) is 11.6 Å². The highest BCUT2D eigenvalue weighted by atomic mass is 35.5. The molecule has 1 aliphatic rings. The third kappa shape index (κ3) is 4.27. The second kappa shape index (κ2) is 7.80. The smallest absolute Gasteiger partial charge is 0.282 e. The van der Waals surface area contributed by atoms with E-state index in [0.29, 0.717) is 10.8 Å². The van der Waals surface area contributed by atoms with Gasteiger partial charge in [-0.2, -0.15) is 0 Å². The normalized spacial score (nSPS) is 16.5. The Bertz CT molecular complexity index is 732. The molecule has 1 aromatic heterocycles. The zero-order valence-electron chi connectivity index (χ0n) is 14.0. The first-order chi connectivity index (χ1) is 12.0. The molecule has 0 bridgehead atoms. The van der Waals surface area contributed by atoms with Gasteiger partial charge in [0.15, 0.2) is 11.2 Å². The fraction of sp³-hybridized carbons (Fsp3) is 0.333. The molecule has 1 saturated heterocycles. The van der Waals surface area contributed by atoms with Crippen LogP contribution in [-0.2, 0) is 4.79 Å². The fourth-order valence-electron chi connectivity index (χ4n) is 3.04. The predicted molar refractivity (Wildman–Crippen MR) is 96.6 cm³/mol. The number of hydrogen-bond donors (Lipinski definition) is 2. The van der Waals surface area contributed by atoms with Crippen LogP contribution in [0.2, 0.25) is 5.15 Å². The molecule has 0 radical (unpaired) electrons. The van der Waals surface area contributed by atoms with Crippen molar-refractivity contribution in [2.75, 3.05) is 36.4 Å². The zero-order chi connectivity index (χ0) is 17.8. The number of halogens is 2. The Kier molecular flexibility index (Phi) is 5.50. The highest BCUT2D eigenvalue weighted by Crippen LogP contribution is 2.17. The second-order valence-corrected chi connectivity index (χ2v) is 6.53. The van der Waals surface area contributed by atoms with Crippen molar-refractivity contribution in [3.05, 3.63) is 53.6 Å². The third-order valence-electron chi connectivity index (χ3n) is 4.62. The molecule has 3 rings (SSSR count). The van der Waals surface area contributed by atoms with E-state index in [0.717, 1.165) is 31.9 Å². The van der Waals surface area contributed by atoms with E-state index in [-0.39, 0.29) is 17.8 Å². The van der Waals surface area contributed by atoms with E-state index < -0.39 is 0 Å². The molecule has 5 nitrogen and oxygen atoms in total. The number of amides is 1. The second-order valence-electron chi connectivity index (χ2n) is 6.17. The Morgan fingerprint density at radius 1 is 1.28 bits per heavy atom. The Morgan fingerprint density at radius 3 is 2.60 bits per heavy atom. The molecule has 2 N–H and O–H groups in total. The van der Waals surface area contributed by atoms with Crippen LogP contribution in [0, 0.1) is 5.82 Å². The molecule has 7 heteroatoms. The number of carbonyl (C=O) groups is 1. The summed E-state index contributed by atoms with van der Waals surface area (Å²) in [5.74, 6) is -0.299. The lowest BCUT2D eigenvalue weighted by molar-refractivity contribution is -0.914. The lowest BCUT2D eigenvalue weighted by Crippen LogP contribution is -3.19. The maximum Gasteiger partial charge on any atom is 0.282 e. The molecule has 1 aromatic carbocycles. The van der Waals surface area contributed by atoms with Crippen molar-refractivity contribution >= 4 is 28.9 Å². The van der Waals surface area contributed by atoms with E-state index in [2.05, 4.69) is 15.2 Å². The van der Waals surface area contributed by atoms with Crippen LogP contribution in [-0.4, -0.2) is 43.1 Å². The maximum absolute atomic E-state index is 13.0. The van der Waals surface area contributed by atoms with Gasteiger partial charge < -0.3 is 15.1 Å². The van der Waals surface area contributed by atoms with Gasteiger partial charge in [-0.25, -0.2) is 9.37 Å². The molecule has 1 aliphatic heterocycles. The zero-order valence-corrected chi connectivity index (χ0v) is 14.8. The van der Waals surface area contributed by atoms with Crippen molar-refractivity contribution in [1.29, 1.82) is 0 Å². The van der Waals surface area contributed by atoms with Gasteiger partial charge in [0.25, 0.3) is 5.91 Å². The van der Waals surface area contributed by atoms with Crippen molar-refractivity contribution < 1.29 is 14.1 Å². The van der Waals surface area contributed by atoms with Gasteiger partial charge in [0.2, 0.25) is 0 Å². The van der Waals surface area contributed by atoms with Crippen molar-refractivity contribution in [1.82, 2.24) is 4.98 Å². The first-order valence-electron chi connectivity index (χ1n) is 8.31. The molecule has 25 heavy (non-hydrogen) atoms. The summed E-state index contributed by atoms with van der Waals surface area (Å²) in [5.41, 5.74) is 1.55. The van der Waals surface area contributed by atoms with Crippen LogP contribution < -0.4 is 15.1 Å². The highest BCUT2D eigenvalue weighted by molar-refractivity contribution is 6.32. The lowest BCUT2D eigenvalue weighted by atomic mass is 10.2. The van der Waals surface area contributed by atoms with Crippen LogP contribution in [0.3, 0.4) is 0 Å². The Hall–Kier alpha value is -2.18. The third-order valence-corrected chi connectivity index (χ3v) is 4.92.